The SMILES string of the molecule is COc1c(Cl)ccc(Cl)c1C(=O)Nc1cnc2nc[nH]c2c1. The minimum atomic E-state index is -0.440. The lowest BCUT2D eigenvalue weighted by Gasteiger charge is -2.12. The summed E-state index contributed by atoms with van der Waals surface area (Å²) in [5, 5.41) is 3.26. The zero-order valence-corrected chi connectivity index (χ0v) is 12.9. The number of carbonyl (C=O) groups excluding carboxylic acids is 1. The number of hydrogen-bond acceptors (Lipinski definition) is 4. The fourth-order valence-electron chi connectivity index (χ4n) is 2.04. The maximum Gasteiger partial charge on any atom is 0.261 e. The summed E-state index contributed by atoms with van der Waals surface area (Å²) in [4.78, 5) is 23.5. The Balaban J connectivity index is 1.96. The van der Waals surface area contributed by atoms with E-state index < -0.39 is 5.91 Å². The molecule has 2 N–H and O–H groups in total. The number of imidazole rings is 1. The van der Waals surface area contributed by atoms with Crippen molar-refractivity contribution in [2.75, 3.05) is 12.4 Å². The molecule has 0 saturated heterocycles. The van der Waals surface area contributed by atoms with Crippen molar-refractivity contribution in [3.8, 4) is 5.75 Å². The average Bonchev–Trinajstić information content (AvgIpc) is 2.96. The van der Waals surface area contributed by atoms with Crippen molar-refractivity contribution in [3.63, 3.8) is 0 Å². The molecule has 3 rings (SSSR count). The first kappa shape index (κ1) is 14.6. The standard InChI is InChI=1S/C14H10Cl2N4O2/c1-22-12-9(16)3-2-8(15)11(12)14(21)20-7-4-10-13(17-5-7)19-6-18-10/h2-6H,1H3,(H,20,21)(H,17,18,19). The highest BCUT2D eigenvalue weighted by molar-refractivity contribution is 6.37. The first-order valence-electron chi connectivity index (χ1n) is 6.22. The van der Waals surface area contributed by atoms with Gasteiger partial charge in [0.1, 0.15) is 5.56 Å². The Kier molecular flexibility index (Phi) is 3.87. The summed E-state index contributed by atoms with van der Waals surface area (Å²) in [5.41, 5.74) is 1.94. The highest BCUT2D eigenvalue weighted by atomic mass is 35.5. The van der Waals surface area contributed by atoms with Crippen LogP contribution in [-0.4, -0.2) is 28.0 Å². The number of H-pyrrole nitrogens is 1. The van der Waals surface area contributed by atoms with Gasteiger partial charge in [0.2, 0.25) is 0 Å². The monoisotopic (exact) mass is 336 g/mol. The van der Waals surface area contributed by atoms with E-state index in [1.165, 1.54) is 25.7 Å². The summed E-state index contributed by atoms with van der Waals surface area (Å²) in [6.07, 6.45) is 3.03. The van der Waals surface area contributed by atoms with E-state index in [1.807, 2.05) is 0 Å². The number of carbonyl (C=O) groups is 1. The van der Waals surface area contributed by atoms with E-state index in [9.17, 15) is 4.79 Å². The Morgan fingerprint density at radius 1 is 1.27 bits per heavy atom. The Morgan fingerprint density at radius 3 is 2.82 bits per heavy atom. The fraction of sp³-hybridized carbons (Fsp3) is 0.0714. The second-order valence-corrected chi connectivity index (χ2v) is 5.20. The van der Waals surface area contributed by atoms with Crippen molar-refractivity contribution in [1.82, 2.24) is 15.0 Å². The van der Waals surface area contributed by atoms with E-state index in [0.29, 0.717) is 21.9 Å². The van der Waals surface area contributed by atoms with Gasteiger partial charge in [0.05, 0.1) is 40.9 Å². The second-order valence-electron chi connectivity index (χ2n) is 4.39. The number of fused-ring (bicyclic) bond motifs is 1. The summed E-state index contributed by atoms with van der Waals surface area (Å²) in [7, 11) is 1.42. The lowest BCUT2D eigenvalue weighted by Crippen LogP contribution is -2.14. The maximum absolute atomic E-state index is 12.5. The molecule has 2 aromatic heterocycles. The summed E-state index contributed by atoms with van der Waals surface area (Å²) in [6.45, 7) is 0. The number of benzene rings is 1. The maximum atomic E-state index is 12.5. The molecule has 0 aliphatic heterocycles. The van der Waals surface area contributed by atoms with Crippen molar-refractivity contribution >= 4 is 46.0 Å². The van der Waals surface area contributed by atoms with Crippen LogP contribution < -0.4 is 10.1 Å². The molecule has 2 heterocycles. The van der Waals surface area contributed by atoms with E-state index in [-0.39, 0.29) is 16.3 Å². The van der Waals surface area contributed by atoms with Gasteiger partial charge in [-0.05, 0) is 18.2 Å². The number of aromatic nitrogens is 3. The van der Waals surface area contributed by atoms with Gasteiger partial charge in [-0.15, -0.1) is 0 Å². The molecular formula is C14H10Cl2N4O2. The number of anilines is 1. The van der Waals surface area contributed by atoms with Crippen LogP contribution in [0.4, 0.5) is 5.69 Å². The Bertz CT molecular complexity index is 863. The number of rotatable bonds is 3. The highest BCUT2D eigenvalue weighted by Crippen LogP contribution is 2.34. The molecule has 0 aliphatic rings. The topological polar surface area (TPSA) is 79.9 Å². The van der Waals surface area contributed by atoms with Crippen LogP contribution in [0.3, 0.4) is 0 Å². The van der Waals surface area contributed by atoms with Gasteiger partial charge >= 0.3 is 0 Å². The largest absolute Gasteiger partial charge is 0.494 e. The van der Waals surface area contributed by atoms with E-state index in [2.05, 4.69) is 20.3 Å². The minimum Gasteiger partial charge on any atom is -0.494 e. The first-order chi connectivity index (χ1) is 10.6. The number of nitrogens with one attached hydrogen (secondary N) is 2. The first-order valence-corrected chi connectivity index (χ1v) is 6.98. The van der Waals surface area contributed by atoms with Crippen LogP contribution in [0.15, 0.2) is 30.7 Å². The Hall–Kier alpha value is -2.31. The number of hydrogen-bond donors (Lipinski definition) is 2. The highest BCUT2D eigenvalue weighted by Gasteiger charge is 2.19. The van der Waals surface area contributed by atoms with Gasteiger partial charge in [0.25, 0.3) is 5.91 Å². The van der Waals surface area contributed by atoms with E-state index >= 15 is 0 Å². The van der Waals surface area contributed by atoms with Gasteiger partial charge in [0.15, 0.2) is 11.4 Å². The van der Waals surface area contributed by atoms with E-state index in [4.69, 9.17) is 27.9 Å². The zero-order chi connectivity index (χ0) is 15.7. The Morgan fingerprint density at radius 2 is 2.05 bits per heavy atom. The molecule has 1 amide bonds. The number of nitrogens with zero attached hydrogens (tertiary/aromatic N) is 2. The van der Waals surface area contributed by atoms with Crippen LogP contribution >= 0.6 is 23.2 Å². The van der Waals surface area contributed by atoms with Crippen molar-refractivity contribution in [2.24, 2.45) is 0 Å². The summed E-state index contributed by atoms with van der Waals surface area (Å²) < 4.78 is 5.16. The van der Waals surface area contributed by atoms with Crippen molar-refractivity contribution in [1.29, 1.82) is 0 Å². The van der Waals surface area contributed by atoms with Crippen LogP contribution in [0.1, 0.15) is 10.4 Å². The van der Waals surface area contributed by atoms with Crippen LogP contribution in [0.2, 0.25) is 10.0 Å². The van der Waals surface area contributed by atoms with E-state index in [0.717, 1.165) is 0 Å². The third kappa shape index (κ3) is 2.58. The van der Waals surface area contributed by atoms with E-state index in [1.54, 1.807) is 12.1 Å². The molecule has 1 aromatic carbocycles. The predicted octanol–water partition coefficient (Wildman–Crippen LogP) is 3.53. The van der Waals surface area contributed by atoms with Crippen LogP contribution in [-0.2, 0) is 0 Å². The zero-order valence-electron chi connectivity index (χ0n) is 11.4. The molecule has 0 radical (unpaired) electrons. The quantitative estimate of drug-likeness (QED) is 0.766. The van der Waals surface area contributed by atoms with Gasteiger partial charge in [-0.25, -0.2) is 9.97 Å². The molecule has 0 aliphatic carbocycles. The summed E-state index contributed by atoms with van der Waals surface area (Å²) in [6, 6.07) is 4.83. The molecule has 0 bridgehead atoms. The van der Waals surface area contributed by atoms with Crippen molar-refractivity contribution in [2.45, 2.75) is 0 Å². The van der Waals surface area contributed by atoms with Crippen LogP contribution in [0.25, 0.3) is 11.2 Å². The fourth-order valence-corrected chi connectivity index (χ4v) is 2.51. The minimum absolute atomic E-state index is 0.168. The number of amides is 1. The number of pyridine rings is 1. The molecular weight excluding hydrogens is 327 g/mol. The third-order valence-electron chi connectivity index (χ3n) is 3.02. The average molecular weight is 337 g/mol. The predicted molar refractivity (Wildman–Crippen MR) is 84.9 cm³/mol. The van der Waals surface area contributed by atoms with Crippen LogP contribution in [0.5, 0.6) is 5.75 Å². The van der Waals surface area contributed by atoms with Crippen molar-refractivity contribution in [3.05, 3.63) is 46.3 Å². The molecule has 112 valence electrons. The summed E-state index contributed by atoms with van der Waals surface area (Å²) in [5.74, 6) is -0.216. The second kappa shape index (κ2) is 5.82. The number of methoxy groups -OCH3 is 1. The smallest absolute Gasteiger partial charge is 0.261 e. The normalized spacial score (nSPS) is 10.7. The number of halogens is 2. The Labute approximate surface area is 135 Å². The molecule has 0 saturated carbocycles. The lowest BCUT2D eigenvalue weighted by atomic mass is 10.1. The third-order valence-corrected chi connectivity index (χ3v) is 3.63. The summed E-state index contributed by atoms with van der Waals surface area (Å²) >= 11 is 12.1. The molecule has 22 heavy (non-hydrogen) atoms. The molecule has 3 aromatic rings. The van der Waals surface area contributed by atoms with Gasteiger partial charge < -0.3 is 15.0 Å². The van der Waals surface area contributed by atoms with Gasteiger partial charge in [-0.2, -0.15) is 0 Å². The molecule has 0 spiro atoms. The molecule has 0 unspecified atom stereocenters. The molecule has 6 nitrogen and oxygen atoms in total. The lowest BCUT2D eigenvalue weighted by molar-refractivity contribution is 0.102. The molecule has 8 heteroatoms. The van der Waals surface area contributed by atoms with Crippen LogP contribution in [0, 0.1) is 0 Å². The number of ether oxygens (including phenoxy) is 1. The molecule has 0 atom stereocenters. The van der Waals surface area contributed by atoms with Crippen molar-refractivity contribution < 1.29 is 9.53 Å². The van der Waals surface area contributed by atoms with Gasteiger partial charge in [-0.3, -0.25) is 4.79 Å². The number of aromatic amines is 1. The molecule has 0 fully saturated rings. The van der Waals surface area contributed by atoms with Gasteiger partial charge in [0, 0.05) is 0 Å². The van der Waals surface area contributed by atoms with Gasteiger partial charge in [-0.1, -0.05) is 23.2 Å².